The minimum absolute atomic E-state index is 0.0627. The topological polar surface area (TPSA) is 64.3 Å². The molecule has 0 saturated carbocycles. The SMILES string of the molecule is COc1ccc(CCNC(=O)CSCC(C)(C)N)cc1. The van der Waals surface area contributed by atoms with Crippen LogP contribution in [0.15, 0.2) is 24.3 Å². The Morgan fingerprint density at radius 1 is 1.35 bits per heavy atom. The van der Waals surface area contributed by atoms with Crippen LogP contribution in [0, 0.1) is 0 Å². The number of amides is 1. The molecule has 4 nitrogen and oxygen atoms in total. The molecule has 0 aliphatic heterocycles. The molecule has 20 heavy (non-hydrogen) atoms. The molecule has 1 aromatic rings. The van der Waals surface area contributed by atoms with E-state index in [-0.39, 0.29) is 11.4 Å². The highest BCUT2D eigenvalue weighted by atomic mass is 32.2. The highest BCUT2D eigenvalue weighted by Crippen LogP contribution is 2.11. The second-order valence-electron chi connectivity index (χ2n) is 5.43. The first-order valence-corrected chi connectivity index (χ1v) is 7.82. The number of carbonyl (C=O) groups is 1. The summed E-state index contributed by atoms with van der Waals surface area (Å²) in [6.45, 7) is 4.57. The Labute approximate surface area is 125 Å². The van der Waals surface area contributed by atoms with Gasteiger partial charge in [0.05, 0.1) is 12.9 Å². The summed E-state index contributed by atoms with van der Waals surface area (Å²) in [6.07, 6.45) is 0.822. The van der Waals surface area contributed by atoms with Gasteiger partial charge in [-0.1, -0.05) is 12.1 Å². The summed E-state index contributed by atoms with van der Waals surface area (Å²) in [4.78, 5) is 11.6. The molecule has 0 spiro atoms. The molecule has 0 unspecified atom stereocenters. The molecule has 0 aliphatic rings. The van der Waals surface area contributed by atoms with Gasteiger partial charge in [0.25, 0.3) is 0 Å². The Hall–Kier alpha value is -1.20. The lowest BCUT2D eigenvalue weighted by atomic mass is 10.1. The first-order valence-electron chi connectivity index (χ1n) is 6.67. The first-order chi connectivity index (χ1) is 9.40. The Kier molecular flexibility index (Phi) is 6.88. The number of nitrogens with one attached hydrogen (secondary N) is 1. The average molecular weight is 296 g/mol. The average Bonchev–Trinajstić information content (AvgIpc) is 2.38. The monoisotopic (exact) mass is 296 g/mol. The Balaban J connectivity index is 2.18. The van der Waals surface area contributed by atoms with Crippen molar-refractivity contribution in [2.75, 3.05) is 25.2 Å². The van der Waals surface area contributed by atoms with Gasteiger partial charge in [0.1, 0.15) is 5.75 Å². The number of methoxy groups -OCH3 is 1. The van der Waals surface area contributed by atoms with Crippen LogP contribution in [0.2, 0.25) is 0 Å². The summed E-state index contributed by atoms with van der Waals surface area (Å²) < 4.78 is 5.10. The largest absolute Gasteiger partial charge is 0.497 e. The molecule has 3 N–H and O–H groups in total. The van der Waals surface area contributed by atoms with E-state index in [1.165, 1.54) is 5.56 Å². The fourth-order valence-electron chi connectivity index (χ4n) is 1.60. The van der Waals surface area contributed by atoms with Gasteiger partial charge in [-0.25, -0.2) is 0 Å². The molecule has 1 aromatic carbocycles. The molecule has 0 aromatic heterocycles. The van der Waals surface area contributed by atoms with E-state index in [9.17, 15) is 4.79 Å². The zero-order valence-electron chi connectivity index (χ0n) is 12.4. The second kappa shape index (κ2) is 8.17. The van der Waals surface area contributed by atoms with Crippen molar-refractivity contribution in [1.82, 2.24) is 5.32 Å². The van der Waals surface area contributed by atoms with E-state index in [2.05, 4.69) is 5.32 Å². The molecule has 0 saturated heterocycles. The quantitative estimate of drug-likeness (QED) is 0.768. The van der Waals surface area contributed by atoms with Gasteiger partial charge in [0.2, 0.25) is 5.91 Å². The van der Waals surface area contributed by atoms with E-state index in [1.807, 2.05) is 38.1 Å². The minimum Gasteiger partial charge on any atom is -0.497 e. The molecule has 0 fully saturated rings. The summed E-state index contributed by atoms with van der Waals surface area (Å²) in [6, 6.07) is 7.88. The first kappa shape index (κ1) is 16.9. The van der Waals surface area contributed by atoms with E-state index >= 15 is 0 Å². The highest BCUT2D eigenvalue weighted by Gasteiger charge is 2.11. The highest BCUT2D eigenvalue weighted by molar-refractivity contribution is 8.00. The zero-order chi connectivity index (χ0) is 15.0. The Bertz CT molecular complexity index is 413. The summed E-state index contributed by atoms with van der Waals surface area (Å²) in [5.74, 6) is 2.15. The van der Waals surface area contributed by atoms with E-state index in [4.69, 9.17) is 10.5 Å². The third-order valence-electron chi connectivity index (χ3n) is 2.60. The van der Waals surface area contributed by atoms with Crippen LogP contribution in [0.3, 0.4) is 0 Å². The van der Waals surface area contributed by atoms with Gasteiger partial charge in [0, 0.05) is 17.8 Å². The van der Waals surface area contributed by atoms with Crippen molar-refractivity contribution >= 4 is 17.7 Å². The molecule has 5 heteroatoms. The number of thioether (sulfide) groups is 1. The van der Waals surface area contributed by atoms with Gasteiger partial charge in [-0.3, -0.25) is 4.79 Å². The maximum Gasteiger partial charge on any atom is 0.230 e. The van der Waals surface area contributed by atoms with Crippen LogP contribution in [0.1, 0.15) is 19.4 Å². The molecular weight excluding hydrogens is 272 g/mol. The minimum atomic E-state index is -0.228. The fraction of sp³-hybridized carbons (Fsp3) is 0.533. The van der Waals surface area contributed by atoms with E-state index in [1.54, 1.807) is 18.9 Å². The number of ether oxygens (including phenoxy) is 1. The van der Waals surface area contributed by atoms with Crippen LogP contribution in [0.5, 0.6) is 5.75 Å². The van der Waals surface area contributed by atoms with Crippen molar-refractivity contribution in [3.8, 4) is 5.75 Å². The number of hydrogen-bond donors (Lipinski definition) is 2. The van der Waals surface area contributed by atoms with Crippen LogP contribution in [-0.4, -0.2) is 36.6 Å². The third-order valence-corrected chi connectivity index (χ3v) is 4.02. The lowest BCUT2D eigenvalue weighted by Gasteiger charge is -2.17. The van der Waals surface area contributed by atoms with E-state index in [0.29, 0.717) is 12.3 Å². The molecule has 0 radical (unpaired) electrons. The molecule has 1 rings (SSSR count). The van der Waals surface area contributed by atoms with Gasteiger partial charge < -0.3 is 15.8 Å². The predicted molar refractivity (Wildman–Crippen MR) is 85.3 cm³/mol. The number of nitrogens with two attached hydrogens (primary N) is 1. The second-order valence-corrected chi connectivity index (χ2v) is 6.42. The standard InChI is InChI=1S/C15H24N2O2S/c1-15(2,16)11-20-10-14(18)17-9-8-12-4-6-13(19-3)7-5-12/h4-7H,8-11,16H2,1-3H3,(H,17,18). The molecule has 0 heterocycles. The van der Waals surface area contributed by atoms with E-state index in [0.717, 1.165) is 17.9 Å². The van der Waals surface area contributed by atoms with Crippen LogP contribution < -0.4 is 15.8 Å². The normalized spacial score (nSPS) is 11.2. The van der Waals surface area contributed by atoms with Crippen molar-refractivity contribution in [1.29, 1.82) is 0 Å². The zero-order valence-corrected chi connectivity index (χ0v) is 13.3. The van der Waals surface area contributed by atoms with Gasteiger partial charge in [0.15, 0.2) is 0 Å². The third kappa shape index (κ3) is 7.40. The van der Waals surface area contributed by atoms with Crippen molar-refractivity contribution in [2.45, 2.75) is 25.8 Å². The van der Waals surface area contributed by atoms with Gasteiger partial charge in [-0.15, -0.1) is 0 Å². The molecular formula is C15H24N2O2S. The lowest BCUT2D eigenvalue weighted by molar-refractivity contribution is -0.118. The van der Waals surface area contributed by atoms with Gasteiger partial charge in [-0.05, 0) is 38.0 Å². The molecule has 0 aliphatic carbocycles. The number of benzene rings is 1. The summed E-state index contributed by atoms with van der Waals surface area (Å²) in [7, 11) is 1.65. The van der Waals surface area contributed by atoms with Crippen LogP contribution in [0.4, 0.5) is 0 Å². The summed E-state index contributed by atoms with van der Waals surface area (Å²) in [5.41, 5.74) is 6.81. The number of carbonyl (C=O) groups excluding carboxylic acids is 1. The van der Waals surface area contributed by atoms with Crippen molar-refractivity contribution in [3.05, 3.63) is 29.8 Å². The van der Waals surface area contributed by atoms with Crippen molar-refractivity contribution in [2.24, 2.45) is 5.73 Å². The van der Waals surface area contributed by atoms with Crippen LogP contribution in [-0.2, 0) is 11.2 Å². The Morgan fingerprint density at radius 2 is 2.00 bits per heavy atom. The maximum absolute atomic E-state index is 11.6. The predicted octanol–water partition coefficient (Wildman–Crippen LogP) is 1.82. The van der Waals surface area contributed by atoms with Gasteiger partial charge >= 0.3 is 0 Å². The van der Waals surface area contributed by atoms with Crippen molar-refractivity contribution in [3.63, 3.8) is 0 Å². The summed E-state index contributed by atoms with van der Waals surface area (Å²) >= 11 is 1.57. The molecule has 112 valence electrons. The van der Waals surface area contributed by atoms with Crippen LogP contribution >= 0.6 is 11.8 Å². The molecule has 1 amide bonds. The number of rotatable bonds is 8. The Morgan fingerprint density at radius 3 is 2.55 bits per heavy atom. The maximum atomic E-state index is 11.6. The molecule has 0 bridgehead atoms. The lowest BCUT2D eigenvalue weighted by Crippen LogP contribution is -2.36. The smallest absolute Gasteiger partial charge is 0.230 e. The van der Waals surface area contributed by atoms with Crippen LogP contribution in [0.25, 0.3) is 0 Å². The summed E-state index contributed by atoms with van der Waals surface area (Å²) in [5, 5.41) is 2.91. The fourth-order valence-corrected chi connectivity index (χ4v) is 2.51. The van der Waals surface area contributed by atoms with Gasteiger partial charge in [-0.2, -0.15) is 11.8 Å². The van der Waals surface area contributed by atoms with Crippen molar-refractivity contribution < 1.29 is 9.53 Å². The molecule has 0 atom stereocenters. The van der Waals surface area contributed by atoms with E-state index < -0.39 is 0 Å². The number of hydrogen-bond acceptors (Lipinski definition) is 4.